The number of aromatic nitrogens is 2. The molecule has 6 aromatic rings. The van der Waals surface area contributed by atoms with Crippen LogP contribution in [0.25, 0.3) is 21.8 Å². The highest BCUT2D eigenvalue weighted by Crippen LogP contribution is 2.65. The number of rotatable bonds is 14. The summed E-state index contributed by atoms with van der Waals surface area (Å²) in [7, 11) is 0. The Morgan fingerprint density at radius 1 is 0.528 bits per heavy atom. The molecule has 4 aliphatic heterocycles. The predicted molar refractivity (Wildman–Crippen MR) is 282 cm³/mol. The van der Waals surface area contributed by atoms with Crippen LogP contribution in [0.15, 0.2) is 97.1 Å². The number of anilines is 2. The summed E-state index contributed by atoms with van der Waals surface area (Å²) in [6.45, 7) is 7.39. The summed E-state index contributed by atoms with van der Waals surface area (Å²) in [4.78, 5) is 17.3. The minimum Gasteiger partial charge on any atom is -0.378 e. The van der Waals surface area contributed by atoms with Gasteiger partial charge in [-0.15, -0.1) is 0 Å². The summed E-state index contributed by atoms with van der Waals surface area (Å²) in [6.07, 6.45) is 9.26. The molecular weight excluding hydrogens is 909 g/mol. The van der Waals surface area contributed by atoms with Crippen molar-refractivity contribution in [3.8, 4) is 0 Å². The molecule has 4 bridgehead atoms. The van der Waals surface area contributed by atoms with Crippen LogP contribution in [0.1, 0.15) is 111 Å². The smallest absolute Gasteiger partial charge is 0.134 e. The summed E-state index contributed by atoms with van der Waals surface area (Å²) in [5.74, 6) is 1.86. The lowest BCUT2D eigenvalue weighted by molar-refractivity contribution is -0.174. The lowest BCUT2D eigenvalue weighted by Gasteiger charge is -2.70. The van der Waals surface area contributed by atoms with Gasteiger partial charge in [0.1, 0.15) is 12.3 Å². The number of halogens is 4. The van der Waals surface area contributed by atoms with Crippen molar-refractivity contribution < 1.29 is 17.6 Å². The number of nitrogens with one attached hydrogen (secondary N) is 4. The summed E-state index contributed by atoms with van der Waals surface area (Å²) < 4.78 is 54.4. The normalized spacial score (nSPS) is 33.8. The molecule has 2 saturated heterocycles. The van der Waals surface area contributed by atoms with Gasteiger partial charge in [-0.25, -0.2) is 8.78 Å². The average Bonchev–Trinajstić information content (AvgIpc) is 4.09. The Morgan fingerprint density at radius 3 is 1.28 bits per heavy atom. The van der Waals surface area contributed by atoms with E-state index in [2.05, 4.69) is 141 Å². The Morgan fingerprint density at radius 2 is 0.917 bits per heavy atom. The van der Waals surface area contributed by atoms with Crippen molar-refractivity contribution in [2.45, 2.75) is 138 Å². The van der Waals surface area contributed by atoms with E-state index in [1.165, 1.54) is 94.0 Å². The minimum atomic E-state index is -0.933. The van der Waals surface area contributed by atoms with Crippen LogP contribution in [-0.2, 0) is 12.8 Å². The van der Waals surface area contributed by atoms with E-state index >= 15 is 0 Å². The van der Waals surface area contributed by atoms with Crippen molar-refractivity contribution in [3.05, 3.63) is 131 Å². The lowest BCUT2D eigenvalue weighted by Crippen LogP contribution is -2.71. The Kier molecular flexibility index (Phi) is 12.0. The Labute approximate surface area is 422 Å². The first-order chi connectivity index (χ1) is 35.1. The van der Waals surface area contributed by atoms with E-state index in [1.807, 2.05) is 9.80 Å². The molecule has 2 aromatic heterocycles. The third-order valence-electron chi connectivity index (χ3n) is 18.9. The highest BCUT2D eigenvalue weighted by molar-refractivity contribution is 5.86. The summed E-state index contributed by atoms with van der Waals surface area (Å²) in [5.41, 5.74) is 13.3. The molecule has 6 heterocycles. The number of benzene rings is 4. The number of hydrogen-bond acceptors (Lipinski definition) is 6. The number of H-pyrrole nitrogens is 2. The van der Waals surface area contributed by atoms with Gasteiger partial charge in [0, 0.05) is 107 Å². The molecular formula is C60H72F4N8. The molecule has 8 nitrogen and oxygen atoms in total. The molecule has 8 fully saturated rings. The number of aromatic amines is 2. The van der Waals surface area contributed by atoms with E-state index in [1.54, 1.807) is 0 Å². The van der Waals surface area contributed by atoms with Crippen LogP contribution >= 0.6 is 0 Å². The first-order valence-electron chi connectivity index (χ1n) is 27.4. The number of nitrogens with zero attached hydrogens (tertiary/aromatic N) is 4. The minimum absolute atomic E-state index is 0.211. The van der Waals surface area contributed by atoms with Gasteiger partial charge in [-0.2, -0.15) is 0 Å². The molecule has 8 atom stereocenters. The molecule has 4 aromatic carbocycles. The Balaban J connectivity index is 0.000000140. The third kappa shape index (κ3) is 7.98. The fourth-order valence-corrected chi connectivity index (χ4v) is 15.4. The second-order valence-corrected chi connectivity index (χ2v) is 23.6. The van der Waals surface area contributed by atoms with Gasteiger partial charge in [-0.3, -0.25) is 28.4 Å². The summed E-state index contributed by atoms with van der Waals surface area (Å²) >= 11 is 0. The van der Waals surface area contributed by atoms with Crippen molar-refractivity contribution in [2.24, 2.45) is 11.8 Å². The topological polar surface area (TPSA) is 68.6 Å². The largest absolute Gasteiger partial charge is 0.378 e. The van der Waals surface area contributed by atoms with Crippen LogP contribution in [0.5, 0.6) is 0 Å². The number of para-hydroxylation sites is 2. The van der Waals surface area contributed by atoms with Crippen molar-refractivity contribution in [1.82, 2.24) is 29.6 Å². The molecule has 72 heavy (non-hydrogen) atoms. The zero-order valence-electron chi connectivity index (χ0n) is 42.0. The van der Waals surface area contributed by atoms with Gasteiger partial charge < -0.3 is 20.6 Å². The van der Waals surface area contributed by atoms with Crippen LogP contribution in [0.4, 0.5) is 28.9 Å². The molecule has 0 spiro atoms. The second-order valence-electron chi connectivity index (χ2n) is 23.6. The van der Waals surface area contributed by atoms with Crippen molar-refractivity contribution in [2.75, 3.05) is 63.3 Å². The molecule has 0 unspecified atom stereocenters. The molecule has 4 N–H and O–H groups in total. The number of alkyl halides is 4. The zero-order chi connectivity index (χ0) is 48.9. The van der Waals surface area contributed by atoms with Gasteiger partial charge in [0.05, 0.1) is 37.5 Å². The lowest BCUT2D eigenvalue weighted by atomic mass is 9.48. The first-order valence-corrected chi connectivity index (χ1v) is 27.4. The molecule has 16 rings (SSSR count). The fourth-order valence-electron chi connectivity index (χ4n) is 15.4. The summed E-state index contributed by atoms with van der Waals surface area (Å²) in [5, 5.41) is 9.54. The van der Waals surface area contributed by atoms with Crippen LogP contribution in [0, 0.1) is 11.8 Å². The molecule has 12 heteroatoms. The maximum Gasteiger partial charge on any atom is 0.134 e. The maximum atomic E-state index is 14.7. The Bertz CT molecular complexity index is 2670. The van der Waals surface area contributed by atoms with Gasteiger partial charge in [0.25, 0.3) is 0 Å². The standard InChI is InChI=1S/2C30H36F2N4/c2*1-19-13-24-23-5-2-3-6-26(23)34-28(24)29(36(19)30-14-20(15-30)16-30)21-7-9-22(10-8-21)33-27-18-35(12-4-11-31)17-25(27)32/h2*2-3,5-10,19-20,25,27,29,33-34H,4,11-18H2,1H3/t19-,20?,25+,27-,29-,30?;19-,20?,25-,27+,29-,30?/m11/s1. The van der Waals surface area contributed by atoms with E-state index in [0.29, 0.717) is 75.3 Å². The highest BCUT2D eigenvalue weighted by atomic mass is 19.1. The monoisotopic (exact) mass is 981 g/mol. The molecule has 380 valence electrons. The SMILES string of the molecule is C[C@@H]1Cc2c([nH]c3ccccc23)[C@@H](c2ccc(N[C@@H]3CN(CCCF)C[C@@H]3F)cc2)N1C12CC(C1)C2.C[C@@H]1Cc2c([nH]c3ccccc23)[C@@H](c2ccc(N[C@H]3CN(CCCF)C[C@H]3F)cc2)N1C12CC(C1)C2. The van der Waals surface area contributed by atoms with Crippen LogP contribution in [-0.4, -0.2) is 130 Å². The number of fused-ring (bicyclic) bond motifs is 6. The highest BCUT2D eigenvalue weighted by Gasteiger charge is 2.64. The van der Waals surface area contributed by atoms with Crippen molar-refractivity contribution in [3.63, 3.8) is 0 Å². The van der Waals surface area contributed by atoms with Gasteiger partial charge in [0.15, 0.2) is 0 Å². The zero-order valence-corrected chi connectivity index (χ0v) is 42.0. The van der Waals surface area contributed by atoms with Crippen molar-refractivity contribution >= 4 is 33.2 Å². The van der Waals surface area contributed by atoms with Gasteiger partial charge in [-0.05, 0) is 149 Å². The fraction of sp³-hybridized carbons (Fsp3) is 0.533. The van der Waals surface area contributed by atoms with Crippen LogP contribution in [0.3, 0.4) is 0 Å². The van der Waals surface area contributed by atoms with E-state index in [-0.39, 0.29) is 37.5 Å². The third-order valence-corrected chi connectivity index (χ3v) is 18.9. The Hall–Kier alpha value is -4.88. The van der Waals surface area contributed by atoms with Crippen molar-refractivity contribution in [1.29, 1.82) is 0 Å². The van der Waals surface area contributed by atoms with E-state index < -0.39 is 12.3 Å². The van der Waals surface area contributed by atoms with E-state index in [4.69, 9.17) is 0 Å². The average molecular weight is 981 g/mol. The maximum absolute atomic E-state index is 14.7. The van der Waals surface area contributed by atoms with Gasteiger partial charge >= 0.3 is 0 Å². The molecule has 0 amide bonds. The molecule has 6 aliphatic carbocycles. The van der Waals surface area contributed by atoms with E-state index in [9.17, 15) is 17.6 Å². The van der Waals surface area contributed by atoms with Crippen LogP contribution in [0.2, 0.25) is 0 Å². The molecule has 10 aliphatic rings. The number of hydrogen-bond donors (Lipinski definition) is 4. The summed E-state index contributed by atoms with van der Waals surface area (Å²) in [6, 6.07) is 35.7. The van der Waals surface area contributed by atoms with Gasteiger partial charge in [0.2, 0.25) is 0 Å². The predicted octanol–water partition coefficient (Wildman–Crippen LogP) is 11.7. The second kappa shape index (κ2) is 18.5. The van der Waals surface area contributed by atoms with Crippen LogP contribution < -0.4 is 10.6 Å². The number of likely N-dealkylation sites (tertiary alicyclic amines) is 2. The van der Waals surface area contributed by atoms with Gasteiger partial charge in [-0.1, -0.05) is 60.7 Å². The quantitative estimate of drug-likeness (QED) is 0.0816. The first kappa shape index (κ1) is 46.9. The molecule has 6 saturated carbocycles. The molecule has 0 radical (unpaired) electrons. The van der Waals surface area contributed by atoms with E-state index in [0.717, 1.165) is 36.1 Å².